The quantitative estimate of drug-likeness (QED) is 0.743. The fourth-order valence-electron chi connectivity index (χ4n) is 3.04. The van der Waals surface area contributed by atoms with E-state index >= 15 is 0 Å². The highest BCUT2D eigenvalue weighted by atomic mass is 16.3. The molecule has 3 N–H and O–H groups in total. The number of aromatic hydroxyl groups is 1. The maximum Gasteiger partial charge on any atom is 0.317 e. The minimum Gasteiger partial charge on any atom is -0.506 e. The van der Waals surface area contributed by atoms with Crippen molar-refractivity contribution in [2.24, 2.45) is 5.92 Å². The molecular formula is C18H29N3O3. The van der Waals surface area contributed by atoms with Gasteiger partial charge >= 0.3 is 6.03 Å². The van der Waals surface area contributed by atoms with E-state index < -0.39 is 0 Å². The molecule has 2 rings (SSSR count). The number of piperazine rings is 1. The third-order valence-electron chi connectivity index (χ3n) is 4.61. The normalized spacial score (nSPS) is 17.5. The number of phenolic OH excluding ortho intramolecular Hbond substituents is 1. The molecule has 1 saturated heterocycles. The molecule has 1 heterocycles. The van der Waals surface area contributed by atoms with Gasteiger partial charge in [-0.15, -0.1) is 0 Å². The highest BCUT2D eigenvalue weighted by Gasteiger charge is 2.24. The Balaban J connectivity index is 1.85. The van der Waals surface area contributed by atoms with Crippen LogP contribution in [0.1, 0.15) is 26.7 Å². The molecule has 6 heteroatoms. The number of rotatable bonds is 6. The van der Waals surface area contributed by atoms with Gasteiger partial charge in [-0.1, -0.05) is 26.0 Å². The highest BCUT2D eigenvalue weighted by molar-refractivity contribution is 5.75. The van der Waals surface area contributed by atoms with Gasteiger partial charge in [-0.05, 0) is 30.9 Å². The average molecular weight is 335 g/mol. The summed E-state index contributed by atoms with van der Waals surface area (Å²) in [5, 5.41) is 22.2. The van der Waals surface area contributed by atoms with Crippen molar-refractivity contribution in [3.05, 3.63) is 24.3 Å². The molecule has 2 atom stereocenters. The Kier molecular flexibility index (Phi) is 6.73. The van der Waals surface area contributed by atoms with Gasteiger partial charge < -0.3 is 25.3 Å². The van der Waals surface area contributed by atoms with Gasteiger partial charge in [-0.25, -0.2) is 4.79 Å². The second kappa shape index (κ2) is 8.78. The lowest BCUT2D eigenvalue weighted by Gasteiger charge is -2.37. The first-order valence-electron chi connectivity index (χ1n) is 8.74. The first-order valence-corrected chi connectivity index (χ1v) is 8.74. The van der Waals surface area contributed by atoms with Crippen molar-refractivity contribution in [2.75, 3.05) is 37.7 Å². The van der Waals surface area contributed by atoms with Crippen LogP contribution in [0.2, 0.25) is 0 Å². The summed E-state index contributed by atoms with van der Waals surface area (Å²) in [6, 6.07) is 7.35. The first-order chi connectivity index (χ1) is 11.5. The Morgan fingerprint density at radius 1 is 1.25 bits per heavy atom. The summed E-state index contributed by atoms with van der Waals surface area (Å²) < 4.78 is 0. The Bertz CT molecular complexity index is 530. The van der Waals surface area contributed by atoms with E-state index in [2.05, 4.69) is 10.2 Å². The van der Waals surface area contributed by atoms with Gasteiger partial charge in [0.05, 0.1) is 5.69 Å². The van der Waals surface area contributed by atoms with Crippen LogP contribution < -0.4 is 10.2 Å². The Labute approximate surface area is 144 Å². The van der Waals surface area contributed by atoms with Crippen LogP contribution in [0.5, 0.6) is 5.75 Å². The van der Waals surface area contributed by atoms with Gasteiger partial charge in [-0.2, -0.15) is 0 Å². The van der Waals surface area contributed by atoms with Crippen molar-refractivity contribution in [1.29, 1.82) is 0 Å². The van der Waals surface area contributed by atoms with E-state index in [9.17, 15) is 15.0 Å². The van der Waals surface area contributed by atoms with Crippen molar-refractivity contribution in [2.45, 2.75) is 32.7 Å². The van der Waals surface area contributed by atoms with Crippen LogP contribution in [0.4, 0.5) is 10.5 Å². The van der Waals surface area contributed by atoms with Crippen molar-refractivity contribution in [3.63, 3.8) is 0 Å². The van der Waals surface area contributed by atoms with E-state index in [1.54, 1.807) is 12.1 Å². The Hall–Kier alpha value is -1.95. The number of amides is 2. The van der Waals surface area contributed by atoms with E-state index in [-0.39, 0.29) is 30.3 Å². The molecule has 0 aliphatic carbocycles. The summed E-state index contributed by atoms with van der Waals surface area (Å²) in [5.74, 6) is 0.465. The molecule has 0 unspecified atom stereocenters. The monoisotopic (exact) mass is 335 g/mol. The van der Waals surface area contributed by atoms with Crippen LogP contribution in [-0.2, 0) is 0 Å². The summed E-state index contributed by atoms with van der Waals surface area (Å²) in [5.41, 5.74) is 0.820. The molecule has 0 radical (unpaired) electrons. The first kappa shape index (κ1) is 18.4. The van der Waals surface area contributed by atoms with Gasteiger partial charge in [0.2, 0.25) is 0 Å². The number of aliphatic hydroxyl groups is 1. The topological polar surface area (TPSA) is 76.0 Å². The van der Waals surface area contributed by atoms with E-state index in [1.165, 1.54) is 0 Å². The van der Waals surface area contributed by atoms with Crippen LogP contribution in [0, 0.1) is 5.92 Å². The smallest absolute Gasteiger partial charge is 0.317 e. The Morgan fingerprint density at radius 3 is 2.50 bits per heavy atom. The fourth-order valence-corrected chi connectivity index (χ4v) is 3.04. The maximum atomic E-state index is 12.4. The van der Waals surface area contributed by atoms with E-state index in [1.807, 2.05) is 30.9 Å². The maximum absolute atomic E-state index is 12.4. The van der Waals surface area contributed by atoms with Crippen LogP contribution in [0.15, 0.2) is 24.3 Å². The summed E-state index contributed by atoms with van der Waals surface area (Å²) in [6.45, 7) is 6.85. The number of carbonyl (C=O) groups excluding carboxylic acids is 1. The van der Waals surface area contributed by atoms with Gasteiger partial charge in [-0.3, -0.25) is 0 Å². The van der Waals surface area contributed by atoms with Gasteiger partial charge in [0, 0.05) is 38.8 Å². The molecular weight excluding hydrogens is 306 g/mol. The molecule has 0 bridgehead atoms. The molecule has 1 aliphatic rings. The average Bonchev–Trinajstić information content (AvgIpc) is 2.61. The predicted octanol–water partition coefficient (Wildman–Crippen LogP) is 2.02. The minimum absolute atomic E-state index is 0.0380. The van der Waals surface area contributed by atoms with E-state index in [0.717, 1.165) is 18.5 Å². The predicted molar refractivity (Wildman–Crippen MR) is 95.4 cm³/mol. The number of para-hydroxylation sites is 2. The van der Waals surface area contributed by atoms with E-state index in [0.29, 0.717) is 26.2 Å². The number of hydrogen-bond donors (Lipinski definition) is 3. The molecule has 0 aromatic heterocycles. The molecule has 134 valence electrons. The highest BCUT2D eigenvalue weighted by Crippen LogP contribution is 2.27. The Morgan fingerprint density at radius 2 is 1.92 bits per heavy atom. The standard InChI is InChI=1S/C18H29N3O3/c1-3-15(12-14(2)13-22)19-18(24)21-10-8-20(9-11-21)16-6-4-5-7-17(16)23/h4-7,14-15,22-23H,3,8-13H2,1-2H3,(H,19,24)/t14-,15+/m1/s1. The number of nitrogens with one attached hydrogen (secondary N) is 1. The minimum atomic E-state index is -0.0380. The molecule has 24 heavy (non-hydrogen) atoms. The molecule has 2 amide bonds. The largest absolute Gasteiger partial charge is 0.506 e. The number of nitrogens with zero attached hydrogens (tertiary/aromatic N) is 2. The van der Waals surface area contributed by atoms with Crippen LogP contribution >= 0.6 is 0 Å². The number of aliphatic hydroxyl groups excluding tert-OH is 1. The summed E-state index contributed by atoms with van der Waals surface area (Å²) >= 11 is 0. The number of hydrogen-bond acceptors (Lipinski definition) is 4. The fraction of sp³-hybridized carbons (Fsp3) is 0.611. The van der Waals surface area contributed by atoms with Crippen LogP contribution in [-0.4, -0.2) is 60.0 Å². The summed E-state index contributed by atoms with van der Waals surface area (Å²) in [6.07, 6.45) is 1.64. The van der Waals surface area contributed by atoms with Crippen LogP contribution in [0.3, 0.4) is 0 Å². The molecule has 1 aliphatic heterocycles. The number of carbonyl (C=O) groups is 1. The zero-order valence-corrected chi connectivity index (χ0v) is 14.6. The molecule has 1 aromatic carbocycles. The lowest BCUT2D eigenvalue weighted by atomic mass is 10.0. The molecule has 1 aromatic rings. The second-order valence-electron chi connectivity index (χ2n) is 6.54. The van der Waals surface area contributed by atoms with Crippen molar-refractivity contribution in [1.82, 2.24) is 10.2 Å². The third-order valence-corrected chi connectivity index (χ3v) is 4.61. The molecule has 0 spiro atoms. The van der Waals surface area contributed by atoms with Crippen molar-refractivity contribution < 1.29 is 15.0 Å². The van der Waals surface area contributed by atoms with Crippen molar-refractivity contribution in [3.8, 4) is 5.75 Å². The van der Waals surface area contributed by atoms with Gasteiger partial charge in [0.15, 0.2) is 0 Å². The summed E-state index contributed by atoms with van der Waals surface area (Å²) in [7, 11) is 0. The number of urea groups is 1. The van der Waals surface area contributed by atoms with Crippen molar-refractivity contribution >= 4 is 11.7 Å². The number of anilines is 1. The summed E-state index contributed by atoms with van der Waals surface area (Å²) in [4.78, 5) is 16.4. The second-order valence-corrected chi connectivity index (χ2v) is 6.54. The SMILES string of the molecule is CC[C@@H](C[C@@H](C)CO)NC(=O)N1CCN(c2ccccc2O)CC1. The molecule has 1 fully saturated rings. The molecule has 6 nitrogen and oxygen atoms in total. The lowest BCUT2D eigenvalue weighted by molar-refractivity contribution is 0.181. The zero-order chi connectivity index (χ0) is 17.5. The number of benzene rings is 1. The lowest BCUT2D eigenvalue weighted by Crippen LogP contribution is -2.53. The van der Waals surface area contributed by atoms with E-state index in [4.69, 9.17) is 0 Å². The third kappa shape index (κ3) is 4.77. The number of phenols is 1. The van der Waals surface area contributed by atoms with Crippen LogP contribution in [0.25, 0.3) is 0 Å². The molecule has 0 saturated carbocycles. The van der Waals surface area contributed by atoms with Gasteiger partial charge in [0.1, 0.15) is 5.75 Å². The zero-order valence-electron chi connectivity index (χ0n) is 14.6. The van der Waals surface area contributed by atoms with Gasteiger partial charge in [0.25, 0.3) is 0 Å².